The van der Waals surface area contributed by atoms with Gasteiger partial charge in [0.25, 0.3) is 0 Å². The van der Waals surface area contributed by atoms with Gasteiger partial charge < -0.3 is 14.8 Å². The number of hydrazone groups is 1. The Morgan fingerprint density at radius 2 is 1.52 bits per heavy atom. The van der Waals surface area contributed by atoms with Gasteiger partial charge in [0.15, 0.2) is 11.5 Å². The second kappa shape index (κ2) is 9.55. The van der Waals surface area contributed by atoms with Crippen LogP contribution in [0.4, 0.5) is 4.79 Å². The van der Waals surface area contributed by atoms with Gasteiger partial charge in [-0.05, 0) is 54.3 Å². The standard InChI is InChI=1S/C26H26ClN3O3/c1-16-13-20-14-23(32-3)24(33-4)15-22(20)25(29-30(16)26(31)28-2)19-7-5-17(6-8-19)18-9-11-21(27)12-10-18/h5-12,14-16H,13H2,1-4H3,(H,28,31). The fourth-order valence-electron chi connectivity index (χ4n) is 4.01. The maximum atomic E-state index is 12.6. The average Bonchev–Trinajstić information content (AvgIpc) is 2.98. The van der Waals surface area contributed by atoms with E-state index in [0.717, 1.165) is 27.8 Å². The molecule has 1 heterocycles. The summed E-state index contributed by atoms with van der Waals surface area (Å²) < 4.78 is 11.1. The molecule has 1 atom stereocenters. The molecule has 7 heteroatoms. The number of fused-ring (bicyclic) bond motifs is 1. The SMILES string of the molecule is CNC(=O)N1N=C(c2ccc(-c3ccc(Cl)cc3)cc2)c2cc(OC)c(OC)cc2CC1C. The van der Waals surface area contributed by atoms with Crippen molar-refractivity contribution in [2.45, 2.75) is 19.4 Å². The van der Waals surface area contributed by atoms with Gasteiger partial charge in [-0.15, -0.1) is 0 Å². The molecule has 0 radical (unpaired) electrons. The number of nitrogens with zero attached hydrogens (tertiary/aromatic N) is 2. The van der Waals surface area contributed by atoms with Gasteiger partial charge in [0, 0.05) is 23.2 Å². The number of ether oxygens (including phenoxy) is 2. The number of methoxy groups -OCH3 is 2. The number of urea groups is 1. The van der Waals surface area contributed by atoms with Crippen molar-refractivity contribution in [3.05, 3.63) is 82.4 Å². The molecule has 6 nitrogen and oxygen atoms in total. The maximum Gasteiger partial charge on any atom is 0.337 e. The Bertz CT molecular complexity index is 1190. The Hall–Kier alpha value is -3.51. The fourth-order valence-corrected chi connectivity index (χ4v) is 4.14. The van der Waals surface area contributed by atoms with Crippen molar-refractivity contribution < 1.29 is 14.3 Å². The molecule has 0 spiro atoms. The van der Waals surface area contributed by atoms with Gasteiger partial charge in [-0.2, -0.15) is 5.10 Å². The minimum absolute atomic E-state index is 0.146. The van der Waals surface area contributed by atoms with Crippen LogP contribution in [0.15, 0.2) is 65.8 Å². The first-order valence-electron chi connectivity index (χ1n) is 10.7. The lowest BCUT2D eigenvalue weighted by atomic mass is 9.93. The Labute approximate surface area is 198 Å². The van der Waals surface area contributed by atoms with Crippen LogP contribution in [0, 0.1) is 0 Å². The van der Waals surface area contributed by atoms with Crippen molar-refractivity contribution in [3.63, 3.8) is 0 Å². The quantitative estimate of drug-likeness (QED) is 0.566. The lowest BCUT2D eigenvalue weighted by molar-refractivity contribution is 0.184. The molecule has 0 aliphatic carbocycles. The molecular formula is C26H26ClN3O3. The second-order valence-corrected chi connectivity index (χ2v) is 8.29. The van der Waals surface area contributed by atoms with Gasteiger partial charge in [-0.25, -0.2) is 9.80 Å². The average molecular weight is 464 g/mol. The van der Waals surface area contributed by atoms with Gasteiger partial charge in [0.2, 0.25) is 0 Å². The highest BCUT2D eigenvalue weighted by Crippen LogP contribution is 2.35. The third kappa shape index (κ3) is 4.52. The molecule has 4 rings (SSSR count). The number of hydrogen-bond donors (Lipinski definition) is 1. The molecule has 0 fully saturated rings. The molecule has 0 aromatic heterocycles. The van der Waals surface area contributed by atoms with Crippen LogP contribution in [0.3, 0.4) is 0 Å². The molecule has 1 aliphatic rings. The molecule has 2 amide bonds. The van der Waals surface area contributed by atoms with Crippen molar-refractivity contribution in [2.24, 2.45) is 5.10 Å². The molecule has 0 saturated carbocycles. The predicted octanol–water partition coefficient (Wildman–Crippen LogP) is 5.36. The highest BCUT2D eigenvalue weighted by atomic mass is 35.5. The van der Waals surface area contributed by atoms with E-state index < -0.39 is 0 Å². The Morgan fingerprint density at radius 3 is 2.09 bits per heavy atom. The number of hydrogen-bond acceptors (Lipinski definition) is 4. The Balaban J connectivity index is 1.84. The van der Waals surface area contributed by atoms with Gasteiger partial charge in [0.1, 0.15) is 0 Å². The summed E-state index contributed by atoms with van der Waals surface area (Å²) in [5, 5.41) is 9.70. The number of amides is 2. The minimum atomic E-state index is -0.260. The van der Waals surface area contributed by atoms with Crippen molar-refractivity contribution in [1.29, 1.82) is 0 Å². The summed E-state index contributed by atoms with van der Waals surface area (Å²) in [5.74, 6) is 1.26. The zero-order valence-corrected chi connectivity index (χ0v) is 19.8. The maximum absolute atomic E-state index is 12.6. The number of halogens is 1. The van der Waals surface area contributed by atoms with Gasteiger partial charge in [0.05, 0.1) is 26.0 Å². The van der Waals surface area contributed by atoms with Gasteiger partial charge >= 0.3 is 6.03 Å². The molecule has 3 aromatic rings. The van der Waals surface area contributed by atoms with E-state index in [-0.39, 0.29) is 12.1 Å². The van der Waals surface area contributed by atoms with E-state index in [0.29, 0.717) is 28.7 Å². The zero-order chi connectivity index (χ0) is 23.5. The van der Waals surface area contributed by atoms with E-state index in [1.54, 1.807) is 21.3 Å². The number of nitrogens with one attached hydrogen (secondary N) is 1. The topological polar surface area (TPSA) is 63.2 Å². The number of carbonyl (C=O) groups excluding carboxylic acids is 1. The van der Waals surface area contributed by atoms with E-state index in [4.69, 9.17) is 26.2 Å². The molecular weight excluding hydrogens is 438 g/mol. The molecule has 1 unspecified atom stereocenters. The molecule has 1 N–H and O–H groups in total. The number of carbonyl (C=O) groups is 1. The summed E-state index contributed by atoms with van der Waals surface area (Å²) in [7, 11) is 4.83. The summed E-state index contributed by atoms with van der Waals surface area (Å²) >= 11 is 6.03. The van der Waals surface area contributed by atoms with Crippen LogP contribution < -0.4 is 14.8 Å². The Kier molecular flexibility index (Phi) is 6.56. The van der Waals surface area contributed by atoms with Crippen molar-refractivity contribution in [1.82, 2.24) is 10.3 Å². The molecule has 0 saturated heterocycles. The van der Waals surface area contributed by atoms with Crippen LogP contribution in [0.1, 0.15) is 23.6 Å². The first kappa shape index (κ1) is 22.7. The largest absolute Gasteiger partial charge is 0.493 e. The van der Waals surface area contributed by atoms with Crippen LogP contribution in [-0.4, -0.2) is 44.1 Å². The van der Waals surface area contributed by atoms with Crippen LogP contribution in [0.5, 0.6) is 11.5 Å². The highest BCUT2D eigenvalue weighted by Gasteiger charge is 2.28. The van der Waals surface area contributed by atoms with E-state index in [1.807, 2.05) is 67.6 Å². The summed E-state index contributed by atoms with van der Waals surface area (Å²) in [6.07, 6.45) is 0.624. The van der Waals surface area contributed by atoms with Crippen molar-refractivity contribution in [3.8, 4) is 22.6 Å². The van der Waals surface area contributed by atoms with Crippen molar-refractivity contribution >= 4 is 23.3 Å². The van der Waals surface area contributed by atoms with Gasteiger partial charge in [-0.1, -0.05) is 48.0 Å². The number of rotatable bonds is 4. The molecule has 3 aromatic carbocycles. The van der Waals surface area contributed by atoms with Crippen LogP contribution >= 0.6 is 11.6 Å². The Morgan fingerprint density at radius 1 is 0.970 bits per heavy atom. The zero-order valence-electron chi connectivity index (χ0n) is 19.1. The van der Waals surface area contributed by atoms with E-state index in [2.05, 4.69) is 5.32 Å². The van der Waals surface area contributed by atoms with Gasteiger partial charge in [-0.3, -0.25) is 0 Å². The summed E-state index contributed by atoms with van der Waals surface area (Å²) in [6.45, 7) is 1.98. The van der Waals surface area contributed by atoms with Crippen LogP contribution in [-0.2, 0) is 6.42 Å². The number of benzene rings is 3. The summed E-state index contributed by atoms with van der Waals surface area (Å²) in [6, 6.07) is 19.3. The molecule has 170 valence electrons. The molecule has 1 aliphatic heterocycles. The van der Waals surface area contributed by atoms with E-state index in [1.165, 1.54) is 5.01 Å². The lowest BCUT2D eigenvalue weighted by Crippen LogP contribution is -2.41. The van der Waals surface area contributed by atoms with Crippen LogP contribution in [0.2, 0.25) is 5.02 Å². The highest BCUT2D eigenvalue weighted by molar-refractivity contribution is 6.30. The second-order valence-electron chi connectivity index (χ2n) is 7.85. The van der Waals surface area contributed by atoms with Crippen LogP contribution in [0.25, 0.3) is 11.1 Å². The molecule has 33 heavy (non-hydrogen) atoms. The summed E-state index contributed by atoms with van der Waals surface area (Å²) in [4.78, 5) is 12.6. The van der Waals surface area contributed by atoms with E-state index >= 15 is 0 Å². The fraction of sp³-hybridized carbons (Fsp3) is 0.231. The lowest BCUT2D eigenvalue weighted by Gasteiger charge is -2.22. The van der Waals surface area contributed by atoms with Crippen molar-refractivity contribution in [2.75, 3.05) is 21.3 Å². The summed E-state index contributed by atoms with van der Waals surface area (Å²) in [5.41, 5.74) is 5.66. The van der Waals surface area contributed by atoms with E-state index in [9.17, 15) is 4.79 Å². The first-order valence-corrected chi connectivity index (χ1v) is 11.0. The third-order valence-corrected chi connectivity index (χ3v) is 6.01. The normalized spacial score (nSPS) is 15.2. The molecule has 0 bridgehead atoms. The third-order valence-electron chi connectivity index (χ3n) is 5.76. The smallest absolute Gasteiger partial charge is 0.337 e. The monoisotopic (exact) mass is 463 g/mol. The first-order chi connectivity index (χ1) is 15.9. The predicted molar refractivity (Wildman–Crippen MR) is 132 cm³/mol. The minimum Gasteiger partial charge on any atom is -0.493 e.